The van der Waals surface area contributed by atoms with Gasteiger partial charge >= 0.3 is 0 Å². The van der Waals surface area contributed by atoms with Gasteiger partial charge in [-0.3, -0.25) is 0 Å². The van der Waals surface area contributed by atoms with E-state index in [1.165, 1.54) is 5.56 Å². The maximum atomic E-state index is 11.7. The first-order valence-corrected chi connectivity index (χ1v) is 5.97. The monoisotopic (exact) mass is 246 g/mol. The first-order chi connectivity index (χ1) is 8.67. The average Bonchev–Trinajstić information content (AvgIpc) is 2.68. The smallest absolute Gasteiger partial charge is 0.288 e. The van der Waals surface area contributed by atoms with Crippen LogP contribution in [0.15, 0.2) is 12.1 Å². The lowest BCUT2D eigenvalue weighted by atomic mass is 10.0. The minimum atomic E-state index is -0.0117. The molecule has 1 aliphatic rings. The Morgan fingerprint density at radius 1 is 1.39 bits per heavy atom. The lowest BCUT2D eigenvalue weighted by molar-refractivity contribution is -0.641. The van der Waals surface area contributed by atoms with Crippen molar-refractivity contribution in [3.05, 3.63) is 28.5 Å². The molecule has 1 atom stereocenters. The maximum Gasteiger partial charge on any atom is 0.288 e. The minimum Gasteiger partial charge on any atom is -0.594 e. The van der Waals surface area contributed by atoms with Crippen molar-refractivity contribution in [3.63, 3.8) is 0 Å². The van der Waals surface area contributed by atoms with Crippen molar-refractivity contribution in [1.82, 2.24) is 10.1 Å². The summed E-state index contributed by atoms with van der Waals surface area (Å²) in [5.74, 6) is 0.439. The number of hydrogen-bond acceptors (Lipinski definition) is 5. The molecule has 6 nitrogen and oxygen atoms in total. The van der Waals surface area contributed by atoms with E-state index in [0.29, 0.717) is 21.8 Å². The van der Waals surface area contributed by atoms with Crippen molar-refractivity contribution in [3.8, 4) is 0 Å². The fraction of sp³-hybridized carbons (Fsp3) is 0.417. The van der Waals surface area contributed by atoms with E-state index >= 15 is 0 Å². The third kappa shape index (κ3) is 1.74. The van der Waals surface area contributed by atoms with Crippen LogP contribution in [0.1, 0.15) is 17.5 Å². The summed E-state index contributed by atoms with van der Waals surface area (Å²) >= 11 is 0. The van der Waals surface area contributed by atoms with Crippen molar-refractivity contribution < 1.29 is 9.95 Å². The van der Waals surface area contributed by atoms with Gasteiger partial charge in [-0.1, -0.05) is 0 Å². The highest BCUT2D eigenvalue weighted by Crippen LogP contribution is 2.30. The summed E-state index contributed by atoms with van der Waals surface area (Å²) in [6.45, 7) is 0.201. The molecule has 3 rings (SSSR count). The van der Waals surface area contributed by atoms with Gasteiger partial charge in [0, 0.05) is 12.7 Å². The van der Waals surface area contributed by atoms with Crippen molar-refractivity contribution >= 4 is 17.0 Å². The van der Waals surface area contributed by atoms with Crippen LogP contribution in [-0.4, -0.2) is 21.8 Å². The molecule has 1 aliphatic carbocycles. The molecule has 0 aliphatic heterocycles. The van der Waals surface area contributed by atoms with Gasteiger partial charge in [0.2, 0.25) is 0 Å². The second-order valence-electron chi connectivity index (χ2n) is 4.74. The van der Waals surface area contributed by atoms with Crippen molar-refractivity contribution in [2.24, 2.45) is 5.92 Å². The number of anilines is 1. The largest absolute Gasteiger partial charge is 0.594 e. The molecular weight excluding hydrogens is 232 g/mol. The van der Waals surface area contributed by atoms with Crippen LogP contribution in [0, 0.1) is 11.1 Å². The molecule has 0 radical (unpaired) electrons. The van der Waals surface area contributed by atoms with Gasteiger partial charge in [-0.05, 0) is 47.2 Å². The zero-order chi connectivity index (χ0) is 12.7. The van der Waals surface area contributed by atoms with Crippen LogP contribution in [0.5, 0.6) is 0 Å². The number of nitrogen functional groups attached to an aromatic ring is 1. The van der Waals surface area contributed by atoms with Gasteiger partial charge in [0.25, 0.3) is 11.5 Å². The molecule has 2 aromatic rings. The molecule has 6 heteroatoms. The zero-order valence-electron chi connectivity index (χ0n) is 9.83. The summed E-state index contributed by atoms with van der Waals surface area (Å²) in [7, 11) is 0. The minimum absolute atomic E-state index is 0.0117. The van der Waals surface area contributed by atoms with E-state index in [1.807, 2.05) is 12.1 Å². The highest BCUT2D eigenvalue weighted by Gasteiger charge is 2.24. The van der Waals surface area contributed by atoms with Crippen molar-refractivity contribution in [2.45, 2.75) is 19.3 Å². The molecule has 94 valence electrons. The lowest BCUT2D eigenvalue weighted by Gasteiger charge is -2.03. The van der Waals surface area contributed by atoms with Gasteiger partial charge in [0.15, 0.2) is 0 Å². The number of aromatic nitrogens is 3. The molecule has 0 amide bonds. The normalized spacial score (nSPS) is 18.2. The number of hydrogen-bond donors (Lipinski definition) is 2. The predicted molar refractivity (Wildman–Crippen MR) is 65.5 cm³/mol. The Bertz CT molecular complexity index is 615. The number of benzene rings is 1. The number of aliphatic hydroxyl groups excluding tert-OH is 1. The Kier molecular flexibility index (Phi) is 2.52. The third-order valence-corrected chi connectivity index (χ3v) is 3.49. The number of nitrogens with two attached hydrogens (primary N) is 1. The molecule has 1 unspecified atom stereocenters. The van der Waals surface area contributed by atoms with Crippen LogP contribution in [0.2, 0.25) is 0 Å². The van der Waals surface area contributed by atoms with E-state index in [2.05, 4.69) is 10.1 Å². The molecular formula is C12H14N4O2. The maximum absolute atomic E-state index is 11.7. The molecule has 0 saturated carbocycles. The van der Waals surface area contributed by atoms with Crippen LogP contribution in [-0.2, 0) is 12.8 Å². The third-order valence-electron chi connectivity index (χ3n) is 3.49. The fourth-order valence-corrected chi connectivity index (χ4v) is 2.66. The van der Waals surface area contributed by atoms with E-state index in [9.17, 15) is 5.21 Å². The first kappa shape index (κ1) is 11.2. The Hall–Kier alpha value is -1.95. The van der Waals surface area contributed by atoms with Gasteiger partial charge in [0.05, 0.1) is 5.10 Å². The summed E-state index contributed by atoms with van der Waals surface area (Å²) < 4.78 is 0. The Balaban J connectivity index is 2.08. The summed E-state index contributed by atoms with van der Waals surface area (Å²) in [4.78, 5) is 4.61. The SMILES string of the molecule is Nc1nc2cc3c(cc2[n+]([O-])n1)CC(CCO)C3. The summed E-state index contributed by atoms with van der Waals surface area (Å²) in [5.41, 5.74) is 8.85. The van der Waals surface area contributed by atoms with Crippen LogP contribution in [0.4, 0.5) is 5.95 Å². The molecule has 1 heterocycles. The van der Waals surface area contributed by atoms with Gasteiger partial charge in [-0.2, -0.15) is 0 Å². The van der Waals surface area contributed by atoms with Crippen LogP contribution >= 0.6 is 0 Å². The molecule has 1 aromatic carbocycles. The van der Waals surface area contributed by atoms with E-state index in [-0.39, 0.29) is 12.6 Å². The van der Waals surface area contributed by atoms with Gasteiger partial charge in [-0.25, -0.2) is 4.98 Å². The van der Waals surface area contributed by atoms with E-state index < -0.39 is 0 Å². The predicted octanol–water partition coefficient (Wildman–Crippen LogP) is -0.0574. The fourth-order valence-electron chi connectivity index (χ4n) is 2.66. The molecule has 1 aromatic heterocycles. The molecule has 0 fully saturated rings. The van der Waals surface area contributed by atoms with Gasteiger partial charge < -0.3 is 16.0 Å². The average molecular weight is 246 g/mol. The number of aliphatic hydroxyl groups is 1. The van der Waals surface area contributed by atoms with Crippen LogP contribution in [0.25, 0.3) is 11.0 Å². The van der Waals surface area contributed by atoms with E-state index in [1.54, 1.807) is 0 Å². The highest BCUT2D eigenvalue weighted by molar-refractivity contribution is 5.74. The second kappa shape index (κ2) is 4.06. The Morgan fingerprint density at radius 2 is 2.11 bits per heavy atom. The summed E-state index contributed by atoms with van der Waals surface area (Å²) in [5, 5.41) is 24.2. The Morgan fingerprint density at radius 3 is 2.83 bits per heavy atom. The number of nitrogens with zero attached hydrogens (tertiary/aromatic N) is 3. The van der Waals surface area contributed by atoms with Gasteiger partial charge in [0.1, 0.15) is 5.52 Å². The molecule has 0 bridgehead atoms. The van der Waals surface area contributed by atoms with Gasteiger partial charge in [-0.15, -0.1) is 0 Å². The quantitative estimate of drug-likeness (QED) is 0.571. The summed E-state index contributed by atoms with van der Waals surface area (Å²) in [6, 6.07) is 3.75. The molecule has 3 N–H and O–H groups in total. The topological polar surface area (TPSA) is 99.0 Å². The lowest BCUT2D eigenvalue weighted by Crippen LogP contribution is -2.33. The molecule has 18 heavy (non-hydrogen) atoms. The molecule has 0 spiro atoms. The number of fused-ring (bicyclic) bond motifs is 2. The van der Waals surface area contributed by atoms with Crippen LogP contribution in [0.3, 0.4) is 0 Å². The highest BCUT2D eigenvalue weighted by atomic mass is 16.5. The van der Waals surface area contributed by atoms with E-state index in [0.717, 1.165) is 24.8 Å². The number of rotatable bonds is 2. The van der Waals surface area contributed by atoms with Crippen molar-refractivity contribution in [2.75, 3.05) is 12.3 Å². The summed E-state index contributed by atoms with van der Waals surface area (Å²) in [6.07, 6.45) is 2.61. The first-order valence-electron chi connectivity index (χ1n) is 5.97. The van der Waals surface area contributed by atoms with Crippen LogP contribution < -0.4 is 10.6 Å². The zero-order valence-corrected chi connectivity index (χ0v) is 9.83. The Labute approximate surface area is 104 Å². The molecule has 0 saturated heterocycles. The van der Waals surface area contributed by atoms with Crippen molar-refractivity contribution in [1.29, 1.82) is 0 Å². The standard InChI is InChI=1S/C12H14N4O2/c13-12-14-10-5-8-3-7(1-2-17)4-9(8)6-11(10)16(18)15-12/h5-7,17H,1-4H2,(H2,13,14,15). The second-order valence-corrected chi connectivity index (χ2v) is 4.74. The van der Waals surface area contributed by atoms with E-state index in [4.69, 9.17) is 10.8 Å².